The van der Waals surface area contributed by atoms with E-state index in [1.165, 1.54) is 12.1 Å². The Labute approximate surface area is 160 Å². The van der Waals surface area contributed by atoms with Gasteiger partial charge in [0.15, 0.2) is 15.6 Å². The molecule has 0 fully saturated rings. The van der Waals surface area contributed by atoms with Crippen molar-refractivity contribution in [3.63, 3.8) is 0 Å². The van der Waals surface area contributed by atoms with Crippen LogP contribution in [0.2, 0.25) is 0 Å². The first-order valence-corrected chi connectivity index (χ1v) is 10.2. The molecular weight excluding hydrogens is 382 g/mol. The average Bonchev–Trinajstić information content (AvgIpc) is 3.27. The minimum Gasteiger partial charge on any atom is -0.451 e. The first-order chi connectivity index (χ1) is 13.4. The number of hydrogen-bond acceptors (Lipinski definition) is 7. The summed E-state index contributed by atoms with van der Waals surface area (Å²) < 4.78 is 34.0. The molecule has 28 heavy (non-hydrogen) atoms. The largest absolute Gasteiger partial charge is 0.451 e. The summed E-state index contributed by atoms with van der Waals surface area (Å²) >= 11 is 0. The lowest BCUT2D eigenvalue weighted by Crippen LogP contribution is -2.14. The second-order valence-electron chi connectivity index (χ2n) is 6.20. The molecule has 8 nitrogen and oxygen atoms in total. The predicted octanol–water partition coefficient (Wildman–Crippen LogP) is 3.07. The number of aromatic nitrogens is 2. The van der Waals surface area contributed by atoms with Crippen molar-refractivity contribution in [2.75, 3.05) is 11.6 Å². The molecule has 9 heteroatoms. The van der Waals surface area contributed by atoms with Gasteiger partial charge in [-0.05, 0) is 29.8 Å². The summed E-state index contributed by atoms with van der Waals surface area (Å²) in [5.41, 5.74) is 1.35. The fourth-order valence-electron chi connectivity index (χ4n) is 2.66. The summed E-state index contributed by atoms with van der Waals surface area (Å²) in [6.07, 6.45) is 1.16. The molecular formula is C19H15N3O5S. The molecule has 2 heterocycles. The first kappa shape index (κ1) is 17.9. The molecule has 0 aliphatic rings. The van der Waals surface area contributed by atoms with E-state index < -0.39 is 9.84 Å². The van der Waals surface area contributed by atoms with E-state index in [0.717, 1.165) is 11.6 Å². The lowest BCUT2D eigenvalue weighted by molar-refractivity contribution is -0.115. The highest BCUT2D eigenvalue weighted by Gasteiger charge is 2.15. The van der Waals surface area contributed by atoms with Crippen LogP contribution in [-0.2, 0) is 21.1 Å². The molecule has 4 aromatic rings. The maximum Gasteiger partial charge on any atom is 0.322 e. The SMILES string of the molecule is CS(=O)(=O)c1ccc(CC(=O)Nc2nnc(-c3cc4ccccc4o3)o2)cc1. The molecule has 0 unspecified atom stereocenters. The van der Waals surface area contributed by atoms with Gasteiger partial charge in [-0.3, -0.25) is 10.1 Å². The third kappa shape index (κ3) is 3.79. The topological polar surface area (TPSA) is 115 Å². The molecule has 4 rings (SSSR count). The maximum atomic E-state index is 12.2. The lowest BCUT2D eigenvalue weighted by atomic mass is 10.1. The third-order valence-electron chi connectivity index (χ3n) is 4.02. The Morgan fingerprint density at radius 2 is 1.79 bits per heavy atom. The highest BCUT2D eigenvalue weighted by molar-refractivity contribution is 7.90. The molecule has 1 N–H and O–H groups in total. The second kappa shape index (κ2) is 6.93. The number of nitrogens with one attached hydrogen (secondary N) is 1. The highest BCUT2D eigenvalue weighted by atomic mass is 32.2. The number of para-hydroxylation sites is 1. The van der Waals surface area contributed by atoms with Gasteiger partial charge in [0.1, 0.15) is 5.58 Å². The molecule has 142 valence electrons. The van der Waals surface area contributed by atoms with Crippen LogP contribution >= 0.6 is 0 Å². The van der Waals surface area contributed by atoms with Gasteiger partial charge >= 0.3 is 6.01 Å². The summed E-state index contributed by atoms with van der Waals surface area (Å²) in [5.74, 6) is 0.196. The van der Waals surface area contributed by atoms with Gasteiger partial charge in [-0.2, -0.15) is 0 Å². The molecule has 2 aromatic heterocycles. The molecule has 0 aliphatic heterocycles. The van der Waals surface area contributed by atoms with Gasteiger partial charge < -0.3 is 8.83 Å². The van der Waals surface area contributed by atoms with Crippen molar-refractivity contribution >= 4 is 32.7 Å². The number of carbonyl (C=O) groups excluding carboxylic acids is 1. The Balaban J connectivity index is 1.44. The van der Waals surface area contributed by atoms with Crippen molar-refractivity contribution in [2.45, 2.75) is 11.3 Å². The molecule has 0 radical (unpaired) electrons. The number of sulfone groups is 1. The minimum absolute atomic E-state index is 0.0341. The molecule has 0 saturated heterocycles. The van der Waals surface area contributed by atoms with Crippen molar-refractivity contribution in [1.82, 2.24) is 10.2 Å². The van der Waals surface area contributed by atoms with Crippen LogP contribution in [0.3, 0.4) is 0 Å². The van der Waals surface area contributed by atoms with E-state index in [1.807, 2.05) is 24.3 Å². The normalized spacial score (nSPS) is 11.6. The standard InChI is InChI=1S/C19H15N3O5S/c1-28(24,25)14-8-6-12(7-9-14)10-17(23)20-19-22-21-18(27-19)16-11-13-4-2-3-5-15(13)26-16/h2-9,11H,10H2,1H3,(H,20,22,23). The van der Waals surface area contributed by atoms with E-state index in [1.54, 1.807) is 18.2 Å². The Kier molecular flexibility index (Phi) is 4.44. The van der Waals surface area contributed by atoms with Crippen LogP contribution in [0.15, 0.2) is 68.3 Å². The summed E-state index contributed by atoms with van der Waals surface area (Å²) in [4.78, 5) is 12.4. The second-order valence-corrected chi connectivity index (χ2v) is 8.22. The van der Waals surface area contributed by atoms with Gasteiger partial charge in [-0.1, -0.05) is 35.4 Å². The van der Waals surface area contributed by atoms with Crippen LogP contribution < -0.4 is 5.32 Å². The van der Waals surface area contributed by atoms with Gasteiger partial charge in [-0.25, -0.2) is 8.42 Å². The fourth-order valence-corrected chi connectivity index (χ4v) is 3.29. The number of amides is 1. The zero-order chi connectivity index (χ0) is 19.7. The van der Waals surface area contributed by atoms with Crippen LogP contribution in [-0.4, -0.2) is 30.8 Å². The van der Waals surface area contributed by atoms with Crippen molar-refractivity contribution in [3.8, 4) is 11.7 Å². The van der Waals surface area contributed by atoms with Crippen LogP contribution in [0.25, 0.3) is 22.6 Å². The fraction of sp³-hybridized carbons (Fsp3) is 0.105. The number of furan rings is 1. The lowest BCUT2D eigenvalue weighted by Gasteiger charge is -2.03. The van der Waals surface area contributed by atoms with Crippen molar-refractivity contribution < 1.29 is 22.0 Å². The van der Waals surface area contributed by atoms with Gasteiger partial charge in [0.05, 0.1) is 11.3 Å². The Bertz CT molecular complexity index is 1220. The minimum atomic E-state index is -3.27. The van der Waals surface area contributed by atoms with Crippen molar-refractivity contribution in [1.29, 1.82) is 0 Å². The van der Waals surface area contributed by atoms with Crippen molar-refractivity contribution in [3.05, 3.63) is 60.2 Å². The Morgan fingerprint density at radius 3 is 2.50 bits per heavy atom. The smallest absolute Gasteiger partial charge is 0.322 e. The average molecular weight is 397 g/mol. The monoisotopic (exact) mass is 397 g/mol. The molecule has 0 bridgehead atoms. The number of hydrogen-bond donors (Lipinski definition) is 1. The van der Waals surface area contributed by atoms with E-state index in [9.17, 15) is 13.2 Å². The number of carbonyl (C=O) groups is 1. The number of nitrogens with zero attached hydrogens (tertiary/aromatic N) is 2. The first-order valence-electron chi connectivity index (χ1n) is 8.30. The summed E-state index contributed by atoms with van der Waals surface area (Å²) in [6, 6.07) is 15.3. The van der Waals surface area contributed by atoms with E-state index >= 15 is 0 Å². The van der Waals surface area contributed by atoms with E-state index in [-0.39, 0.29) is 29.1 Å². The van der Waals surface area contributed by atoms with Gasteiger partial charge in [0.25, 0.3) is 5.89 Å². The van der Waals surface area contributed by atoms with E-state index in [0.29, 0.717) is 16.9 Å². The zero-order valence-electron chi connectivity index (χ0n) is 14.7. The van der Waals surface area contributed by atoms with Gasteiger partial charge in [0.2, 0.25) is 5.91 Å². The van der Waals surface area contributed by atoms with Crippen LogP contribution in [0, 0.1) is 0 Å². The molecule has 1 amide bonds. The van der Waals surface area contributed by atoms with Crippen LogP contribution in [0.5, 0.6) is 0 Å². The van der Waals surface area contributed by atoms with Crippen LogP contribution in [0.4, 0.5) is 6.01 Å². The molecule has 0 spiro atoms. The zero-order valence-corrected chi connectivity index (χ0v) is 15.6. The van der Waals surface area contributed by atoms with Crippen LogP contribution in [0.1, 0.15) is 5.56 Å². The number of benzene rings is 2. The summed E-state index contributed by atoms with van der Waals surface area (Å²) in [6.45, 7) is 0. The number of anilines is 1. The summed E-state index contributed by atoms with van der Waals surface area (Å²) in [7, 11) is -3.27. The summed E-state index contributed by atoms with van der Waals surface area (Å²) in [5, 5.41) is 11.1. The molecule has 0 atom stereocenters. The van der Waals surface area contributed by atoms with E-state index in [4.69, 9.17) is 8.83 Å². The number of fused-ring (bicyclic) bond motifs is 1. The molecule has 0 aliphatic carbocycles. The Morgan fingerprint density at radius 1 is 1.04 bits per heavy atom. The van der Waals surface area contributed by atoms with Gasteiger partial charge in [-0.15, -0.1) is 5.10 Å². The maximum absolute atomic E-state index is 12.2. The Hall–Kier alpha value is -3.46. The van der Waals surface area contributed by atoms with Crippen molar-refractivity contribution in [2.24, 2.45) is 0 Å². The van der Waals surface area contributed by atoms with E-state index in [2.05, 4.69) is 15.5 Å². The number of rotatable bonds is 5. The quantitative estimate of drug-likeness (QED) is 0.550. The molecule has 2 aromatic carbocycles. The predicted molar refractivity (Wildman–Crippen MR) is 101 cm³/mol. The van der Waals surface area contributed by atoms with Gasteiger partial charge in [0, 0.05) is 11.6 Å². The molecule has 0 saturated carbocycles. The highest BCUT2D eigenvalue weighted by Crippen LogP contribution is 2.27. The third-order valence-corrected chi connectivity index (χ3v) is 5.15.